The van der Waals surface area contributed by atoms with Crippen LogP contribution in [0.2, 0.25) is 0 Å². The molecule has 0 bridgehead atoms. The molecule has 0 spiro atoms. The highest BCUT2D eigenvalue weighted by molar-refractivity contribution is 9.10. The predicted octanol–water partition coefficient (Wildman–Crippen LogP) is 6.27. The Kier molecular flexibility index (Phi) is 5.64. The molecule has 0 aromatic heterocycles. The number of methoxy groups -OCH3 is 1. The lowest BCUT2D eigenvalue weighted by Crippen LogP contribution is -1.99. The second-order valence-corrected chi connectivity index (χ2v) is 8.12. The Balaban J connectivity index is 1.55. The highest BCUT2D eigenvalue weighted by atomic mass is 79.9. The highest BCUT2D eigenvalue weighted by Gasteiger charge is 2.28. The number of aryl methyl sites for hydroxylation is 2. The maximum absolute atomic E-state index is 12.8. The minimum absolute atomic E-state index is 0.159. The Morgan fingerprint density at radius 3 is 2.67 bits per heavy atom. The van der Waals surface area contributed by atoms with Crippen molar-refractivity contribution in [3.05, 3.63) is 92.6 Å². The minimum atomic E-state index is -0.159. The summed E-state index contributed by atoms with van der Waals surface area (Å²) in [6, 6.07) is 17.2. The van der Waals surface area contributed by atoms with Gasteiger partial charge in [-0.25, -0.2) is 0 Å². The van der Waals surface area contributed by atoms with Crippen molar-refractivity contribution in [1.82, 2.24) is 0 Å². The molecule has 3 aromatic carbocycles. The molecule has 30 heavy (non-hydrogen) atoms. The summed E-state index contributed by atoms with van der Waals surface area (Å²) in [7, 11) is 1.59. The Hall–Kier alpha value is -3.05. The van der Waals surface area contributed by atoms with Crippen LogP contribution in [0.15, 0.2) is 64.8 Å². The van der Waals surface area contributed by atoms with Gasteiger partial charge in [0.2, 0.25) is 5.78 Å². The first kappa shape index (κ1) is 20.2. The Morgan fingerprint density at radius 1 is 1.03 bits per heavy atom. The summed E-state index contributed by atoms with van der Waals surface area (Å²) in [5, 5.41) is 0. The van der Waals surface area contributed by atoms with Gasteiger partial charge in [-0.2, -0.15) is 0 Å². The van der Waals surface area contributed by atoms with E-state index in [0.717, 1.165) is 15.6 Å². The van der Waals surface area contributed by atoms with Gasteiger partial charge in [0.25, 0.3) is 0 Å². The first-order chi connectivity index (χ1) is 14.4. The first-order valence-electron chi connectivity index (χ1n) is 9.55. The third kappa shape index (κ3) is 4.12. The molecule has 0 atom stereocenters. The quantitative estimate of drug-likeness (QED) is 0.417. The number of carbonyl (C=O) groups is 1. The van der Waals surface area contributed by atoms with Gasteiger partial charge in [-0.3, -0.25) is 4.79 Å². The number of halogens is 1. The van der Waals surface area contributed by atoms with Gasteiger partial charge in [0.05, 0.1) is 12.7 Å². The lowest BCUT2D eigenvalue weighted by molar-refractivity contribution is 0.101. The SMILES string of the molecule is COc1ccc(Br)cc1C=C1Oc2cc(OCc3cc(C)ccc3C)ccc2C1=O. The number of ketones is 1. The summed E-state index contributed by atoms with van der Waals surface area (Å²) in [6.45, 7) is 4.58. The van der Waals surface area contributed by atoms with Crippen molar-refractivity contribution >= 4 is 27.8 Å². The van der Waals surface area contributed by atoms with E-state index in [1.807, 2.05) is 18.2 Å². The number of rotatable bonds is 5. The molecule has 1 aliphatic rings. The molecule has 0 saturated carbocycles. The van der Waals surface area contributed by atoms with Gasteiger partial charge in [-0.15, -0.1) is 0 Å². The summed E-state index contributed by atoms with van der Waals surface area (Å²) in [4.78, 5) is 12.8. The summed E-state index contributed by atoms with van der Waals surface area (Å²) in [6.07, 6.45) is 1.70. The molecule has 0 saturated heterocycles. The van der Waals surface area contributed by atoms with E-state index in [2.05, 4.69) is 48.0 Å². The van der Waals surface area contributed by atoms with Crippen molar-refractivity contribution in [3.63, 3.8) is 0 Å². The molecule has 0 fully saturated rings. The van der Waals surface area contributed by atoms with E-state index in [-0.39, 0.29) is 11.5 Å². The van der Waals surface area contributed by atoms with Crippen molar-refractivity contribution in [2.75, 3.05) is 7.11 Å². The highest BCUT2D eigenvalue weighted by Crippen LogP contribution is 2.36. The largest absolute Gasteiger partial charge is 0.496 e. The molecule has 3 aromatic rings. The zero-order valence-electron chi connectivity index (χ0n) is 17.0. The fraction of sp³-hybridized carbons (Fsp3) is 0.160. The lowest BCUT2D eigenvalue weighted by atomic mass is 10.1. The minimum Gasteiger partial charge on any atom is -0.496 e. The van der Waals surface area contributed by atoms with Crippen LogP contribution in [0.4, 0.5) is 0 Å². The van der Waals surface area contributed by atoms with E-state index in [4.69, 9.17) is 14.2 Å². The molecule has 5 heteroatoms. The second-order valence-electron chi connectivity index (χ2n) is 7.20. The average molecular weight is 465 g/mol. The molecular weight excluding hydrogens is 444 g/mol. The van der Waals surface area contributed by atoms with E-state index in [1.54, 1.807) is 31.4 Å². The van der Waals surface area contributed by atoms with Crippen molar-refractivity contribution in [1.29, 1.82) is 0 Å². The molecule has 4 nitrogen and oxygen atoms in total. The maximum atomic E-state index is 12.8. The van der Waals surface area contributed by atoms with E-state index in [1.165, 1.54) is 11.1 Å². The number of Topliss-reactive ketones (excluding diaryl/α,β-unsaturated/α-hetero) is 1. The van der Waals surface area contributed by atoms with Crippen molar-refractivity contribution in [2.24, 2.45) is 0 Å². The smallest absolute Gasteiger partial charge is 0.231 e. The normalized spacial score (nSPS) is 13.9. The van der Waals surface area contributed by atoms with Crippen LogP contribution in [-0.2, 0) is 6.61 Å². The number of ether oxygens (including phenoxy) is 3. The molecule has 152 valence electrons. The van der Waals surface area contributed by atoms with Crippen LogP contribution >= 0.6 is 15.9 Å². The molecule has 1 aliphatic heterocycles. The lowest BCUT2D eigenvalue weighted by Gasteiger charge is -2.10. The summed E-state index contributed by atoms with van der Waals surface area (Å²) >= 11 is 3.45. The molecule has 0 amide bonds. The van der Waals surface area contributed by atoms with E-state index in [9.17, 15) is 4.79 Å². The first-order valence-corrected chi connectivity index (χ1v) is 10.3. The monoisotopic (exact) mass is 464 g/mol. The molecule has 0 unspecified atom stereocenters. The number of allylic oxidation sites excluding steroid dienone is 1. The second kappa shape index (κ2) is 8.36. The van der Waals surface area contributed by atoms with Gasteiger partial charge in [-0.1, -0.05) is 39.7 Å². The van der Waals surface area contributed by atoms with Crippen LogP contribution in [0, 0.1) is 13.8 Å². The van der Waals surface area contributed by atoms with Gasteiger partial charge in [-0.05, 0) is 61.4 Å². The number of hydrogen-bond donors (Lipinski definition) is 0. The van der Waals surface area contributed by atoms with Gasteiger partial charge in [0.15, 0.2) is 5.76 Å². The molecule has 4 rings (SSSR count). The van der Waals surface area contributed by atoms with Crippen molar-refractivity contribution in [3.8, 4) is 17.2 Å². The topological polar surface area (TPSA) is 44.8 Å². The van der Waals surface area contributed by atoms with Crippen LogP contribution in [-0.4, -0.2) is 12.9 Å². The summed E-state index contributed by atoms with van der Waals surface area (Å²) in [5.41, 5.74) is 4.79. The average Bonchev–Trinajstić information content (AvgIpc) is 3.03. The van der Waals surface area contributed by atoms with Crippen LogP contribution in [0.1, 0.15) is 32.6 Å². The van der Waals surface area contributed by atoms with E-state index in [0.29, 0.717) is 29.4 Å². The van der Waals surface area contributed by atoms with Gasteiger partial charge < -0.3 is 14.2 Å². The zero-order chi connectivity index (χ0) is 21.3. The standard InChI is InChI=1S/C25H21BrO4/c1-15-4-5-16(2)18(10-15)14-29-20-7-8-21-23(13-20)30-24(25(21)27)12-17-11-19(26)6-9-22(17)28-3/h4-13H,14H2,1-3H3. The summed E-state index contributed by atoms with van der Waals surface area (Å²) < 4.78 is 18.1. The summed E-state index contributed by atoms with van der Waals surface area (Å²) in [5.74, 6) is 1.92. The molecule has 1 heterocycles. The number of hydrogen-bond acceptors (Lipinski definition) is 4. The third-order valence-corrected chi connectivity index (χ3v) is 5.51. The van der Waals surface area contributed by atoms with Crippen LogP contribution < -0.4 is 14.2 Å². The number of fused-ring (bicyclic) bond motifs is 1. The Labute approximate surface area is 184 Å². The maximum Gasteiger partial charge on any atom is 0.231 e. The van der Waals surface area contributed by atoms with Gasteiger partial charge >= 0.3 is 0 Å². The van der Waals surface area contributed by atoms with Crippen LogP contribution in [0.25, 0.3) is 6.08 Å². The fourth-order valence-electron chi connectivity index (χ4n) is 3.33. The molecule has 0 N–H and O–H groups in total. The van der Waals surface area contributed by atoms with Gasteiger partial charge in [0, 0.05) is 16.1 Å². The predicted molar refractivity (Wildman–Crippen MR) is 120 cm³/mol. The Bertz CT molecular complexity index is 1160. The van der Waals surface area contributed by atoms with Crippen LogP contribution in [0.5, 0.6) is 17.2 Å². The number of benzene rings is 3. The zero-order valence-corrected chi connectivity index (χ0v) is 18.6. The molecule has 0 radical (unpaired) electrons. The fourth-order valence-corrected chi connectivity index (χ4v) is 3.71. The Morgan fingerprint density at radius 2 is 1.87 bits per heavy atom. The van der Waals surface area contributed by atoms with E-state index < -0.39 is 0 Å². The number of carbonyl (C=O) groups excluding carboxylic acids is 1. The van der Waals surface area contributed by atoms with Crippen molar-refractivity contribution in [2.45, 2.75) is 20.5 Å². The van der Waals surface area contributed by atoms with Crippen molar-refractivity contribution < 1.29 is 19.0 Å². The van der Waals surface area contributed by atoms with Gasteiger partial charge in [0.1, 0.15) is 23.9 Å². The molecule has 0 aliphatic carbocycles. The third-order valence-electron chi connectivity index (χ3n) is 5.02. The van der Waals surface area contributed by atoms with E-state index >= 15 is 0 Å². The molecular formula is C25H21BrO4. The van der Waals surface area contributed by atoms with Crippen LogP contribution in [0.3, 0.4) is 0 Å².